The van der Waals surface area contributed by atoms with Crippen molar-refractivity contribution in [1.29, 1.82) is 0 Å². The summed E-state index contributed by atoms with van der Waals surface area (Å²) >= 11 is 0. The second kappa shape index (κ2) is 5.07. The van der Waals surface area contributed by atoms with Crippen LogP contribution in [0.25, 0.3) is 10.8 Å². The minimum absolute atomic E-state index is 0.0495. The van der Waals surface area contributed by atoms with E-state index in [2.05, 4.69) is 4.74 Å². The van der Waals surface area contributed by atoms with Crippen molar-refractivity contribution in [3.63, 3.8) is 0 Å². The number of hydrogen-bond donors (Lipinski definition) is 2. The van der Waals surface area contributed by atoms with Gasteiger partial charge in [0.15, 0.2) is 6.29 Å². The molecule has 0 radical (unpaired) electrons. The van der Waals surface area contributed by atoms with E-state index in [1.165, 1.54) is 13.0 Å². The van der Waals surface area contributed by atoms with E-state index in [1.807, 2.05) is 0 Å². The Kier molecular flexibility index (Phi) is 3.48. The molecule has 0 aliphatic rings. The lowest BCUT2D eigenvalue weighted by Gasteiger charge is -2.11. The molecule has 0 heterocycles. The standard InChI is InChI=1S/C14H12O5/c1-8(15)19-14(18)12-10-5-3-2-4-9(10)6-7-11(12)13(16)17/h2-8,15H,1H3,(H,16,17). The van der Waals surface area contributed by atoms with Gasteiger partial charge < -0.3 is 14.9 Å². The van der Waals surface area contributed by atoms with Crippen molar-refractivity contribution in [3.05, 3.63) is 47.5 Å². The zero-order valence-corrected chi connectivity index (χ0v) is 10.2. The van der Waals surface area contributed by atoms with Crippen LogP contribution in [0, 0.1) is 0 Å². The molecule has 0 saturated carbocycles. The van der Waals surface area contributed by atoms with E-state index < -0.39 is 18.2 Å². The molecule has 1 atom stereocenters. The number of fused-ring (bicyclic) bond motifs is 1. The molecule has 2 aromatic carbocycles. The Bertz CT molecular complexity index is 645. The van der Waals surface area contributed by atoms with E-state index in [9.17, 15) is 9.59 Å². The lowest BCUT2D eigenvalue weighted by molar-refractivity contribution is -0.0522. The minimum Gasteiger partial charge on any atom is -0.478 e. The third-order valence-electron chi connectivity index (χ3n) is 2.64. The summed E-state index contributed by atoms with van der Waals surface area (Å²) in [6, 6.07) is 9.86. The molecule has 0 saturated heterocycles. The quantitative estimate of drug-likeness (QED) is 0.651. The van der Waals surface area contributed by atoms with Gasteiger partial charge in [0, 0.05) is 0 Å². The van der Waals surface area contributed by atoms with Crippen LogP contribution in [0.15, 0.2) is 36.4 Å². The van der Waals surface area contributed by atoms with Gasteiger partial charge in [-0.05, 0) is 23.8 Å². The predicted octanol–water partition coefficient (Wildman–Crippen LogP) is 2.03. The summed E-state index contributed by atoms with van der Waals surface area (Å²) in [5.74, 6) is -2.08. The van der Waals surface area contributed by atoms with Gasteiger partial charge in [-0.3, -0.25) is 0 Å². The van der Waals surface area contributed by atoms with Crippen LogP contribution in [0.5, 0.6) is 0 Å². The van der Waals surface area contributed by atoms with Gasteiger partial charge in [-0.25, -0.2) is 9.59 Å². The monoisotopic (exact) mass is 260 g/mol. The number of carbonyl (C=O) groups is 2. The molecular formula is C14H12O5. The van der Waals surface area contributed by atoms with Crippen molar-refractivity contribution in [2.24, 2.45) is 0 Å². The zero-order chi connectivity index (χ0) is 14.0. The molecule has 0 fully saturated rings. The maximum atomic E-state index is 11.9. The van der Waals surface area contributed by atoms with Gasteiger partial charge in [0.2, 0.25) is 0 Å². The van der Waals surface area contributed by atoms with Gasteiger partial charge >= 0.3 is 11.9 Å². The van der Waals surface area contributed by atoms with Gasteiger partial charge in [0.1, 0.15) is 0 Å². The van der Waals surface area contributed by atoms with Crippen LogP contribution < -0.4 is 0 Å². The summed E-state index contributed by atoms with van der Waals surface area (Å²) in [6.45, 7) is 1.28. The van der Waals surface area contributed by atoms with Crippen molar-refractivity contribution in [2.75, 3.05) is 0 Å². The minimum atomic E-state index is -1.30. The molecule has 98 valence electrons. The van der Waals surface area contributed by atoms with Crippen LogP contribution >= 0.6 is 0 Å². The maximum Gasteiger partial charge on any atom is 0.341 e. The van der Waals surface area contributed by atoms with Crippen LogP contribution in [-0.4, -0.2) is 28.4 Å². The van der Waals surface area contributed by atoms with Crippen molar-refractivity contribution in [2.45, 2.75) is 13.2 Å². The summed E-state index contributed by atoms with van der Waals surface area (Å²) in [5.41, 5.74) is -0.198. The van der Waals surface area contributed by atoms with Crippen molar-refractivity contribution < 1.29 is 24.5 Å². The third kappa shape index (κ3) is 2.56. The first kappa shape index (κ1) is 13.0. The Morgan fingerprint density at radius 3 is 2.47 bits per heavy atom. The first-order valence-corrected chi connectivity index (χ1v) is 5.65. The number of aliphatic hydroxyl groups excluding tert-OH is 1. The number of aromatic carboxylic acids is 1. The maximum absolute atomic E-state index is 11.9. The average molecular weight is 260 g/mol. The molecule has 0 bridgehead atoms. The molecule has 2 rings (SSSR count). The first-order valence-electron chi connectivity index (χ1n) is 5.65. The first-order chi connectivity index (χ1) is 9.00. The molecule has 2 N–H and O–H groups in total. The van der Waals surface area contributed by atoms with Gasteiger partial charge in [0.05, 0.1) is 11.1 Å². The van der Waals surface area contributed by atoms with E-state index in [1.54, 1.807) is 30.3 Å². The van der Waals surface area contributed by atoms with Crippen LogP contribution in [0.1, 0.15) is 27.6 Å². The van der Waals surface area contributed by atoms with Crippen molar-refractivity contribution in [3.8, 4) is 0 Å². The topological polar surface area (TPSA) is 83.8 Å². The van der Waals surface area contributed by atoms with E-state index in [-0.39, 0.29) is 11.1 Å². The second-order valence-corrected chi connectivity index (χ2v) is 4.02. The van der Waals surface area contributed by atoms with Crippen LogP contribution in [0.2, 0.25) is 0 Å². The highest BCUT2D eigenvalue weighted by Gasteiger charge is 2.21. The molecular weight excluding hydrogens is 248 g/mol. The van der Waals surface area contributed by atoms with Crippen LogP contribution in [0.4, 0.5) is 0 Å². The predicted molar refractivity (Wildman–Crippen MR) is 68.0 cm³/mol. The molecule has 19 heavy (non-hydrogen) atoms. The van der Waals surface area contributed by atoms with Gasteiger partial charge in [-0.1, -0.05) is 30.3 Å². The number of rotatable bonds is 3. The molecule has 0 aliphatic heterocycles. The van der Waals surface area contributed by atoms with Gasteiger partial charge in [0.25, 0.3) is 0 Å². The summed E-state index contributed by atoms with van der Waals surface area (Å²) in [6.07, 6.45) is -1.30. The summed E-state index contributed by atoms with van der Waals surface area (Å²) in [4.78, 5) is 23.1. The van der Waals surface area contributed by atoms with E-state index in [0.29, 0.717) is 5.39 Å². The lowest BCUT2D eigenvalue weighted by Crippen LogP contribution is -2.17. The Balaban J connectivity index is 2.69. The number of esters is 1. The Morgan fingerprint density at radius 1 is 1.16 bits per heavy atom. The molecule has 0 aliphatic carbocycles. The number of aliphatic hydroxyl groups is 1. The SMILES string of the molecule is CC(O)OC(=O)c1c(C(=O)O)ccc2ccccc12. The Hall–Kier alpha value is -2.40. The highest BCUT2D eigenvalue weighted by molar-refractivity contribution is 6.12. The highest BCUT2D eigenvalue weighted by atomic mass is 16.6. The molecule has 5 nitrogen and oxygen atoms in total. The summed E-state index contributed by atoms with van der Waals surface area (Å²) in [7, 11) is 0. The van der Waals surface area contributed by atoms with E-state index >= 15 is 0 Å². The van der Waals surface area contributed by atoms with E-state index in [0.717, 1.165) is 5.39 Å². The molecule has 0 spiro atoms. The average Bonchev–Trinajstić information content (AvgIpc) is 2.36. The van der Waals surface area contributed by atoms with Crippen LogP contribution in [-0.2, 0) is 4.74 Å². The highest BCUT2D eigenvalue weighted by Crippen LogP contribution is 2.23. The lowest BCUT2D eigenvalue weighted by atomic mass is 9.99. The summed E-state index contributed by atoms with van der Waals surface area (Å²) < 4.78 is 4.69. The number of ether oxygens (including phenoxy) is 1. The largest absolute Gasteiger partial charge is 0.478 e. The molecule has 5 heteroatoms. The third-order valence-corrected chi connectivity index (χ3v) is 2.64. The molecule has 0 aromatic heterocycles. The normalized spacial score (nSPS) is 12.1. The summed E-state index contributed by atoms with van der Waals surface area (Å²) in [5, 5.41) is 19.4. The van der Waals surface area contributed by atoms with E-state index in [4.69, 9.17) is 10.2 Å². The Labute approximate surface area is 109 Å². The number of benzene rings is 2. The number of hydrogen-bond acceptors (Lipinski definition) is 4. The molecule has 0 amide bonds. The number of carboxylic acid groups (broad SMARTS) is 1. The van der Waals surface area contributed by atoms with Crippen molar-refractivity contribution in [1.82, 2.24) is 0 Å². The number of carbonyl (C=O) groups excluding carboxylic acids is 1. The fourth-order valence-electron chi connectivity index (χ4n) is 1.88. The number of carboxylic acids is 1. The molecule has 1 unspecified atom stereocenters. The fourth-order valence-corrected chi connectivity index (χ4v) is 1.88. The van der Waals surface area contributed by atoms with Crippen molar-refractivity contribution >= 4 is 22.7 Å². The fraction of sp³-hybridized carbons (Fsp3) is 0.143. The van der Waals surface area contributed by atoms with Gasteiger partial charge in [-0.15, -0.1) is 0 Å². The van der Waals surface area contributed by atoms with Crippen LogP contribution in [0.3, 0.4) is 0 Å². The second-order valence-electron chi connectivity index (χ2n) is 4.02. The Morgan fingerprint density at radius 2 is 1.84 bits per heavy atom. The zero-order valence-electron chi connectivity index (χ0n) is 10.2. The smallest absolute Gasteiger partial charge is 0.341 e. The van der Waals surface area contributed by atoms with Gasteiger partial charge in [-0.2, -0.15) is 0 Å². The molecule has 2 aromatic rings.